The summed E-state index contributed by atoms with van der Waals surface area (Å²) in [6.45, 7) is 0.773. The number of rotatable bonds is 4. The first-order valence-electron chi connectivity index (χ1n) is 6.37. The topological polar surface area (TPSA) is 61.4 Å². The van der Waals surface area contributed by atoms with Crippen LogP contribution in [0.15, 0.2) is 24.3 Å². The average Bonchev–Trinajstić information content (AvgIpc) is 2.42. The van der Waals surface area contributed by atoms with Crippen LogP contribution >= 0.6 is 0 Å². The third-order valence-corrected chi connectivity index (χ3v) is 2.83. The molecule has 2 atom stereocenters. The fraction of sp³-hybridized carbons (Fsp3) is 0.462. The lowest BCUT2D eigenvalue weighted by molar-refractivity contribution is -0.160. The number of aliphatic hydroxyl groups excluding tert-OH is 1. The zero-order valence-corrected chi connectivity index (χ0v) is 11.8. The van der Waals surface area contributed by atoms with Crippen molar-refractivity contribution in [3.05, 3.63) is 35.4 Å². The van der Waals surface area contributed by atoms with E-state index < -0.39 is 48.2 Å². The summed E-state index contributed by atoms with van der Waals surface area (Å²) in [5, 5.41) is 12.2. The normalized spacial score (nSPS) is 15.0. The van der Waals surface area contributed by atoms with E-state index in [1.165, 1.54) is 12.2 Å². The van der Waals surface area contributed by atoms with E-state index in [1.807, 2.05) is 5.32 Å². The van der Waals surface area contributed by atoms with Gasteiger partial charge >= 0.3 is 18.4 Å². The molecule has 1 rings (SSSR count). The van der Waals surface area contributed by atoms with Gasteiger partial charge in [-0.15, -0.1) is 0 Å². The van der Waals surface area contributed by atoms with Crippen LogP contribution in [0.1, 0.15) is 24.1 Å². The minimum absolute atomic E-state index is 0.504. The SMILES string of the molecule is C[C@@H](CO)NC(=O)N[C@H](c1ccccc1C(F)(F)F)C(F)(F)F. The van der Waals surface area contributed by atoms with Crippen molar-refractivity contribution in [1.29, 1.82) is 0 Å². The van der Waals surface area contributed by atoms with Gasteiger partial charge in [0.1, 0.15) is 0 Å². The molecule has 0 saturated heterocycles. The molecule has 3 N–H and O–H groups in total. The molecular weight excluding hydrogens is 330 g/mol. The third-order valence-electron chi connectivity index (χ3n) is 2.83. The summed E-state index contributed by atoms with van der Waals surface area (Å²) in [4.78, 5) is 11.5. The van der Waals surface area contributed by atoms with Crippen LogP contribution in [-0.4, -0.2) is 30.0 Å². The summed E-state index contributed by atoms with van der Waals surface area (Å²) in [6.07, 6.45) is -10.1. The lowest BCUT2D eigenvalue weighted by Crippen LogP contribution is -2.47. The number of benzene rings is 1. The molecule has 0 aliphatic heterocycles. The Kier molecular flexibility index (Phi) is 5.86. The molecule has 0 fully saturated rings. The number of carbonyl (C=O) groups is 1. The summed E-state index contributed by atoms with van der Waals surface area (Å²) >= 11 is 0. The molecular formula is C13H14F6N2O2. The molecule has 0 spiro atoms. The first-order chi connectivity index (χ1) is 10.5. The van der Waals surface area contributed by atoms with E-state index in [0.29, 0.717) is 12.1 Å². The van der Waals surface area contributed by atoms with Crippen LogP contribution in [0.2, 0.25) is 0 Å². The van der Waals surface area contributed by atoms with Gasteiger partial charge in [0.15, 0.2) is 6.04 Å². The highest BCUT2D eigenvalue weighted by atomic mass is 19.4. The molecule has 4 nitrogen and oxygen atoms in total. The molecule has 0 aromatic heterocycles. The van der Waals surface area contributed by atoms with Gasteiger partial charge in [-0.05, 0) is 18.6 Å². The zero-order valence-electron chi connectivity index (χ0n) is 11.8. The van der Waals surface area contributed by atoms with Crippen molar-refractivity contribution in [3.63, 3.8) is 0 Å². The van der Waals surface area contributed by atoms with Gasteiger partial charge in [0.2, 0.25) is 0 Å². The highest BCUT2D eigenvalue weighted by Crippen LogP contribution is 2.40. The maximum atomic E-state index is 13.1. The van der Waals surface area contributed by atoms with Gasteiger partial charge in [-0.1, -0.05) is 18.2 Å². The maximum absolute atomic E-state index is 13.1. The summed E-state index contributed by atoms with van der Waals surface area (Å²) in [7, 11) is 0. The quantitative estimate of drug-likeness (QED) is 0.736. The summed E-state index contributed by atoms with van der Waals surface area (Å²) in [5.41, 5.74) is -2.60. The number of amides is 2. The Morgan fingerprint density at radius 1 is 1.13 bits per heavy atom. The zero-order chi connectivity index (χ0) is 17.8. The Balaban J connectivity index is 3.17. The van der Waals surface area contributed by atoms with Crippen molar-refractivity contribution in [2.45, 2.75) is 31.4 Å². The van der Waals surface area contributed by atoms with Gasteiger partial charge in [-0.3, -0.25) is 0 Å². The minimum atomic E-state index is -5.14. The van der Waals surface area contributed by atoms with Crippen molar-refractivity contribution >= 4 is 6.03 Å². The average molecular weight is 344 g/mol. The summed E-state index contributed by atoms with van der Waals surface area (Å²) < 4.78 is 77.9. The first kappa shape index (κ1) is 19.1. The second-order valence-corrected chi connectivity index (χ2v) is 4.76. The van der Waals surface area contributed by atoms with Crippen LogP contribution in [-0.2, 0) is 6.18 Å². The highest BCUT2D eigenvalue weighted by Gasteiger charge is 2.46. The molecule has 0 bridgehead atoms. The minimum Gasteiger partial charge on any atom is -0.394 e. The van der Waals surface area contributed by atoms with E-state index in [0.717, 1.165) is 12.1 Å². The Labute approximate surface area is 127 Å². The smallest absolute Gasteiger partial charge is 0.394 e. The van der Waals surface area contributed by atoms with E-state index in [-0.39, 0.29) is 0 Å². The number of urea groups is 1. The van der Waals surface area contributed by atoms with E-state index >= 15 is 0 Å². The van der Waals surface area contributed by atoms with Crippen LogP contribution in [0.3, 0.4) is 0 Å². The maximum Gasteiger partial charge on any atom is 0.416 e. The molecule has 10 heteroatoms. The molecule has 0 aliphatic carbocycles. The Morgan fingerprint density at radius 3 is 2.17 bits per heavy atom. The first-order valence-corrected chi connectivity index (χ1v) is 6.37. The van der Waals surface area contributed by atoms with Crippen molar-refractivity contribution in [2.75, 3.05) is 6.61 Å². The summed E-state index contributed by atoms with van der Waals surface area (Å²) in [5.74, 6) is 0. The number of aliphatic hydroxyl groups is 1. The van der Waals surface area contributed by atoms with Gasteiger partial charge < -0.3 is 15.7 Å². The van der Waals surface area contributed by atoms with E-state index in [9.17, 15) is 31.1 Å². The number of hydrogen-bond donors (Lipinski definition) is 3. The molecule has 1 aromatic rings. The molecule has 23 heavy (non-hydrogen) atoms. The second kappa shape index (κ2) is 7.07. The van der Waals surface area contributed by atoms with Gasteiger partial charge in [0, 0.05) is 0 Å². The van der Waals surface area contributed by atoms with Crippen LogP contribution in [0, 0.1) is 0 Å². The van der Waals surface area contributed by atoms with Crippen LogP contribution < -0.4 is 10.6 Å². The van der Waals surface area contributed by atoms with Gasteiger partial charge in [0.05, 0.1) is 18.2 Å². The molecule has 2 amide bonds. The number of hydrogen-bond acceptors (Lipinski definition) is 2. The molecule has 0 unspecified atom stereocenters. The molecule has 0 heterocycles. The second-order valence-electron chi connectivity index (χ2n) is 4.76. The monoisotopic (exact) mass is 344 g/mol. The van der Waals surface area contributed by atoms with Crippen molar-refractivity contribution < 1.29 is 36.2 Å². The fourth-order valence-electron chi connectivity index (χ4n) is 1.78. The number of alkyl halides is 6. The van der Waals surface area contributed by atoms with Crippen molar-refractivity contribution in [3.8, 4) is 0 Å². The lowest BCUT2D eigenvalue weighted by atomic mass is 9.99. The standard InChI is InChI=1S/C13H14F6N2O2/c1-7(6-22)20-11(23)21-10(13(17,18)19)8-4-2-3-5-9(8)12(14,15)16/h2-5,7,10,22H,6H2,1H3,(H2,20,21,23)/t7-,10+/m0/s1. The van der Waals surface area contributed by atoms with Crippen molar-refractivity contribution in [2.24, 2.45) is 0 Å². The van der Waals surface area contributed by atoms with E-state index in [2.05, 4.69) is 0 Å². The lowest BCUT2D eigenvalue weighted by Gasteiger charge is -2.25. The van der Waals surface area contributed by atoms with Gasteiger partial charge in [0.25, 0.3) is 0 Å². The van der Waals surface area contributed by atoms with Crippen LogP contribution in [0.25, 0.3) is 0 Å². The molecule has 0 saturated carbocycles. The number of nitrogens with one attached hydrogen (secondary N) is 2. The largest absolute Gasteiger partial charge is 0.416 e. The van der Waals surface area contributed by atoms with Gasteiger partial charge in [-0.25, -0.2) is 4.79 Å². The third kappa shape index (κ3) is 5.31. The molecule has 0 radical (unpaired) electrons. The Morgan fingerprint density at radius 2 is 1.70 bits per heavy atom. The number of halogens is 6. The van der Waals surface area contributed by atoms with Crippen molar-refractivity contribution in [1.82, 2.24) is 10.6 Å². The van der Waals surface area contributed by atoms with Crippen LogP contribution in [0.5, 0.6) is 0 Å². The molecule has 0 aliphatic rings. The summed E-state index contributed by atoms with van der Waals surface area (Å²) in [6, 6.07) is -1.92. The Bertz CT molecular complexity index is 544. The molecule has 130 valence electrons. The van der Waals surface area contributed by atoms with E-state index in [1.54, 1.807) is 0 Å². The molecule has 1 aromatic carbocycles. The van der Waals surface area contributed by atoms with Gasteiger partial charge in [-0.2, -0.15) is 26.3 Å². The predicted molar refractivity (Wildman–Crippen MR) is 68.5 cm³/mol. The predicted octanol–water partition coefficient (Wildman–Crippen LogP) is 2.99. The number of carbonyl (C=O) groups excluding carboxylic acids is 1. The fourth-order valence-corrected chi connectivity index (χ4v) is 1.78. The Hall–Kier alpha value is -1.97. The highest BCUT2D eigenvalue weighted by molar-refractivity contribution is 5.75. The van der Waals surface area contributed by atoms with E-state index in [4.69, 9.17) is 5.11 Å². The van der Waals surface area contributed by atoms with Crippen LogP contribution in [0.4, 0.5) is 31.1 Å².